The van der Waals surface area contributed by atoms with Crippen LogP contribution in [-0.2, 0) is 9.53 Å². The Kier molecular flexibility index (Phi) is 7.50. The predicted octanol–water partition coefficient (Wildman–Crippen LogP) is 3.54. The summed E-state index contributed by atoms with van der Waals surface area (Å²) in [6.07, 6.45) is 6.98. The van der Waals surface area contributed by atoms with Crippen LogP contribution in [0.15, 0.2) is 34.2 Å². The predicted molar refractivity (Wildman–Crippen MR) is 113 cm³/mol. The molecule has 0 radical (unpaired) electrons. The lowest BCUT2D eigenvalue weighted by molar-refractivity contribution is -0.119. The maximum Gasteiger partial charge on any atom is 0.262 e. The number of fused-ring (bicyclic) bond motifs is 1. The number of amides is 1. The average molecular weight is 404 g/mol. The Morgan fingerprint density at radius 1 is 1.29 bits per heavy atom. The van der Waals surface area contributed by atoms with Gasteiger partial charge in [0.05, 0.1) is 29.3 Å². The number of aromatic nitrogens is 2. The van der Waals surface area contributed by atoms with Crippen molar-refractivity contribution >= 4 is 28.6 Å². The summed E-state index contributed by atoms with van der Waals surface area (Å²) in [5.74, 6) is 0.256. The molecule has 1 aromatic heterocycles. The second kappa shape index (κ2) is 10.1. The van der Waals surface area contributed by atoms with E-state index in [0.29, 0.717) is 22.7 Å². The molecular weight excluding hydrogens is 374 g/mol. The normalized spacial score (nSPS) is 16.6. The highest BCUT2D eigenvalue weighted by Gasteiger charge is 2.19. The fourth-order valence-corrected chi connectivity index (χ4v) is 4.66. The minimum atomic E-state index is -0.165. The van der Waals surface area contributed by atoms with E-state index in [9.17, 15) is 9.59 Å². The summed E-state index contributed by atoms with van der Waals surface area (Å²) in [5, 5.41) is 4.30. The van der Waals surface area contributed by atoms with Crippen molar-refractivity contribution in [3.8, 4) is 0 Å². The minimum absolute atomic E-state index is 0.00486. The molecule has 0 aliphatic heterocycles. The summed E-state index contributed by atoms with van der Waals surface area (Å²) in [4.78, 5) is 30.2. The Morgan fingerprint density at radius 2 is 2.00 bits per heavy atom. The summed E-state index contributed by atoms with van der Waals surface area (Å²) < 4.78 is 6.89. The molecular formula is C21H29N3O3S. The Bertz CT molecular complexity index is 860. The molecule has 1 aromatic carbocycles. The molecule has 1 heterocycles. The van der Waals surface area contributed by atoms with E-state index < -0.39 is 0 Å². The van der Waals surface area contributed by atoms with Crippen molar-refractivity contribution in [2.75, 3.05) is 19.5 Å². The smallest absolute Gasteiger partial charge is 0.262 e. The maximum atomic E-state index is 13.0. The SMILES string of the molecule is COCC(C)n1c(SCC(=O)NC2CCCCCC2)nc2ccccc2c1=O. The van der Waals surface area contributed by atoms with Gasteiger partial charge in [-0.25, -0.2) is 4.98 Å². The van der Waals surface area contributed by atoms with Gasteiger partial charge in [0.25, 0.3) is 5.56 Å². The van der Waals surface area contributed by atoms with Gasteiger partial charge in [0.1, 0.15) is 0 Å². The quantitative estimate of drug-likeness (QED) is 0.435. The molecule has 7 heteroatoms. The highest BCUT2D eigenvalue weighted by Crippen LogP contribution is 2.22. The molecule has 0 saturated heterocycles. The van der Waals surface area contributed by atoms with Gasteiger partial charge >= 0.3 is 0 Å². The molecule has 1 saturated carbocycles. The number of nitrogens with zero attached hydrogens (tertiary/aromatic N) is 2. The van der Waals surface area contributed by atoms with Gasteiger partial charge in [-0.05, 0) is 31.9 Å². The number of para-hydroxylation sites is 1. The Balaban J connectivity index is 1.78. The average Bonchev–Trinajstić information content (AvgIpc) is 2.95. The molecule has 1 N–H and O–H groups in total. The van der Waals surface area contributed by atoms with E-state index in [1.54, 1.807) is 17.7 Å². The molecule has 152 valence electrons. The molecule has 3 rings (SSSR count). The van der Waals surface area contributed by atoms with Crippen molar-refractivity contribution < 1.29 is 9.53 Å². The van der Waals surface area contributed by atoms with E-state index in [-0.39, 0.29) is 29.3 Å². The third-order valence-corrected chi connectivity index (χ3v) is 6.13. The zero-order valence-corrected chi connectivity index (χ0v) is 17.5. The number of rotatable bonds is 7. The molecule has 0 bridgehead atoms. The summed E-state index contributed by atoms with van der Waals surface area (Å²) in [6, 6.07) is 7.43. The summed E-state index contributed by atoms with van der Waals surface area (Å²) in [7, 11) is 1.61. The minimum Gasteiger partial charge on any atom is -0.383 e. The summed E-state index contributed by atoms with van der Waals surface area (Å²) in [6.45, 7) is 2.33. The lowest BCUT2D eigenvalue weighted by atomic mass is 10.1. The fraction of sp³-hybridized carbons (Fsp3) is 0.571. The first-order valence-electron chi connectivity index (χ1n) is 10.0. The number of hydrogen-bond acceptors (Lipinski definition) is 5. The van der Waals surface area contributed by atoms with Gasteiger partial charge in [0, 0.05) is 13.2 Å². The highest BCUT2D eigenvalue weighted by atomic mass is 32.2. The number of carbonyl (C=O) groups is 1. The first-order valence-corrected chi connectivity index (χ1v) is 11.0. The van der Waals surface area contributed by atoms with Crippen molar-refractivity contribution in [2.45, 2.75) is 62.7 Å². The molecule has 1 amide bonds. The van der Waals surface area contributed by atoms with Crippen LogP contribution in [0.3, 0.4) is 0 Å². The Hall–Kier alpha value is -1.86. The van der Waals surface area contributed by atoms with Gasteiger partial charge in [0.15, 0.2) is 5.16 Å². The number of thioether (sulfide) groups is 1. The molecule has 28 heavy (non-hydrogen) atoms. The number of hydrogen-bond donors (Lipinski definition) is 1. The van der Waals surface area contributed by atoms with Gasteiger partial charge in [-0.3, -0.25) is 14.2 Å². The first kappa shape index (κ1) is 20.9. The number of benzene rings is 1. The van der Waals surface area contributed by atoms with Gasteiger partial charge in [-0.15, -0.1) is 0 Å². The monoisotopic (exact) mass is 403 g/mol. The van der Waals surface area contributed by atoms with Crippen LogP contribution in [0.5, 0.6) is 0 Å². The lowest BCUT2D eigenvalue weighted by Gasteiger charge is -2.19. The van der Waals surface area contributed by atoms with Crippen molar-refractivity contribution in [1.82, 2.24) is 14.9 Å². The zero-order valence-electron chi connectivity index (χ0n) is 16.6. The molecule has 1 aliphatic carbocycles. The van der Waals surface area contributed by atoms with Crippen molar-refractivity contribution in [1.29, 1.82) is 0 Å². The van der Waals surface area contributed by atoms with E-state index in [1.807, 2.05) is 25.1 Å². The maximum absolute atomic E-state index is 13.0. The topological polar surface area (TPSA) is 73.2 Å². The van der Waals surface area contributed by atoms with Gasteiger partial charge < -0.3 is 10.1 Å². The molecule has 0 spiro atoms. The molecule has 1 aliphatic rings. The second-order valence-corrected chi connectivity index (χ2v) is 8.38. The number of carbonyl (C=O) groups excluding carboxylic acids is 1. The van der Waals surface area contributed by atoms with E-state index in [2.05, 4.69) is 10.3 Å². The molecule has 2 aromatic rings. The van der Waals surface area contributed by atoms with Crippen molar-refractivity contribution in [2.24, 2.45) is 0 Å². The molecule has 1 atom stereocenters. The van der Waals surface area contributed by atoms with Crippen LogP contribution < -0.4 is 10.9 Å². The van der Waals surface area contributed by atoms with Crippen LogP contribution in [0.4, 0.5) is 0 Å². The number of nitrogens with one attached hydrogen (secondary N) is 1. The van der Waals surface area contributed by atoms with Gasteiger partial charge in [-0.2, -0.15) is 0 Å². The third-order valence-electron chi connectivity index (χ3n) is 5.18. The van der Waals surface area contributed by atoms with E-state index >= 15 is 0 Å². The van der Waals surface area contributed by atoms with Crippen LogP contribution >= 0.6 is 11.8 Å². The van der Waals surface area contributed by atoms with E-state index in [1.165, 1.54) is 37.4 Å². The molecule has 6 nitrogen and oxygen atoms in total. The van der Waals surface area contributed by atoms with Gasteiger partial charge in [-0.1, -0.05) is 49.6 Å². The highest BCUT2D eigenvalue weighted by molar-refractivity contribution is 7.99. The Morgan fingerprint density at radius 3 is 2.71 bits per heavy atom. The van der Waals surface area contributed by atoms with Crippen LogP contribution in [0.25, 0.3) is 10.9 Å². The van der Waals surface area contributed by atoms with Crippen LogP contribution in [0, 0.1) is 0 Å². The van der Waals surface area contributed by atoms with Crippen LogP contribution in [0.2, 0.25) is 0 Å². The lowest BCUT2D eigenvalue weighted by Crippen LogP contribution is -2.36. The zero-order chi connectivity index (χ0) is 19.9. The third kappa shape index (κ3) is 5.14. The van der Waals surface area contributed by atoms with E-state index in [4.69, 9.17) is 4.74 Å². The number of methoxy groups -OCH3 is 1. The standard InChI is InChI=1S/C21H29N3O3S/c1-15(13-27-2)24-20(26)17-11-7-8-12-18(17)23-21(24)28-14-19(25)22-16-9-5-3-4-6-10-16/h7-8,11-12,15-16H,3-6,9-10,13-14H2,1-2H3,(H,22,25). The van der Waals surface area contributed by atoms with E-state index in [0.717, 1.165) is 12.8 Å². The van der Waals surface area contributed by atoms with Crippen LogP contribution in [-0.4, -0.2) is 41.0 Å². The first-order chi connectivity index (χ1) is 13.6. The summed E-state index contributed by atoms with van der Waals surface area (Å²) >= 11 is 1.32. The summed E-state index contributed by atoms with van der Waals surface area (Å²) in [5.41, 5.74) is 0.557. The largest absolute Gasteiger partial charge is 0.383 e. The van der Waals surface area contributed by atoms with Crippen LogP contribution in [0.1, 0.15) is 51.5 Å². The molecule has 1 fully saturated rings. The number of ether oxygens (including phenoxy) is 1. The molecule has 1 unspecified atom stereocenters. The Labute approximate surface area is 170 Å². The van der Waals surface area contributed by atoms with Gasteiger partial charge in [0.2, 0.25) is 5.91 Å². The van der Waals surface area contributed by atoms with Crippen molar-refractivity contribution in [3.63, 3.8) is 0 Å². The van der Waals surface area contributed by atoms with Crippen molar-refractivity contribution in [3.05, 3.63) is 34.6 Å². The fourth-order valence-electron chi connectivity index (χ4n) is 3.75. The second-order valence-electron chi connectivity index (χ2n) is 7.44.